The van der Waals surface area contributed by atoms with Crippen molar-refractivity contribution in [3.63, 3.8) is 0 Å². The second-order valence-corrected chi connectivity index (χ2v) is 5.73. The Morgan fingerprint density at radius 1 is 1.35 bits per heavy atom. The second kappa shape index (κ2) is 5.61. The van der Waals surface area contributed by atoms with Gasteiger partial charge in [-0.3, -0.25) is 9.78 Å². The number of amides is 1. The predicted octanol–water partition coefficient (Wildman–Crippen LogP) is 1.75. The number of nitrogens with one attached hydrogen (secondary N) is 2. The van der Waals surface area contributed by atoms with Crippen LogP contribution < -0.4 is 10.7 Å². The van der Waals surface area contributed by atoms with Crippen LogP contribution >= 0.6 is 0 Å². The fraction of sp³-hybridized carbons (Fsp3) is 0.533. The Balaban J connectivity index is 1.53. The molecule has 5 nitrogen and oxygen atoms in total. The first-order chi connectivity index (χ1) is 9.77. The Bertz CT molecular complexity index is 506. The number of hydrogen-bond donors (Lipinski definition) is 2. The quantitative estimate of drug-likeness (QED) is 0.881. The molecule has 5 heteroatoms. The van der Waals surface area contributed by atoms with Crippen molar-refractivity contribution in [1.29, 1.82) is 0 Å². The number of pyridine rings is 1. The number of aromatic nitrogens is 1. The van der Waals surface area contributed by atoms with Crippen LogP contribution in [-0.4, -0.2) is 22.1 Å². The third-order valence-electron chi connectivity index (χ3n) is 4.18. The highest BCUT2D eigenvalue weighted by Gasteiger charge is 2.38. The molecule has 1 aromatic heterocycles. The van der Waals surface area contributed by atoms with E-state index in [1.807, 2.05) is 12.1 Å². The van der Waals surface area contributed by atoms with Crippen molar-refractivity contribution < 1.29 is 4.79 Å². The average molecular weight is 272 g/mol. The molecular weight excluding hydrogens is 252 g/mol. The molecule has 2 heterocycles. The van der Waals surface area contributed by atoms with Gasteiger partial charge >= 0.3 is 0 Å². The van der Waals surface area contributed by atoms with Gasteiger partial charge < -0.3 is 10.7 Å². The summed E-state index contributed by atoms with van der Waals surface area (Å²) in [4.78, 5) is 16.2. The van der Waals surface area contributed by atoms with Crippen molar-refractivity contribution in [3.05, 3.63) is 30.1 Å². The number of nitrogens with zero attached hydrogens (tertiary/aromatic N) is 2. The molecule has 3 rings (SSSR count). The molecule has 2 N–H and O–H groups in total. The average Bonchev–Trinajstić information content (AvgIpc) is 2.90. The first kappa shape index (κ1) is 13.1. The van der Waals surface area contributed by atoms with Gasteiger partial charge in [-0.15, -0.1) is 0 Å². The lowest BCUT2D eigenvalue weighted by Crippen LogP contribution is -2.41. The topological polar surface area (TPSA) is 66.4 Å². The van der Waals surface area contributed by atoms with E-state index in [9.17, 15) is 4.79 Å². The van der Waals surface area contributed by atoms with Gasteiger partial charge in [-0.1, -0.05) is 25.3 Å². The van der Waals surface area contributed by atoms with Gasteiger partial charge in [-0.25, -0.2) is 0 Å². The van der Waals surface area contributed by atoms with Crippen molar-refractivity contribution in [1.82, 2.24) is 15.7 Å². The fourth-order valence-corrected chi connectivity index (χ4v) is 3.02. The zero-order valence-corrected chi connectivity index (χ0v) is 11.6. The molecule has 0 atom stereocenters. The fourth-order valence-electron chi connectivity index (χ4n) is 3.02. The summed E-state index contributed by atoms with van der Waals surface area (Å²) in [6, 6.07) is 3.82. The SMILES string of the molecule is O=C(NCc1cccnc1)C1=NNC2(CCCCC2)C1. The van der Waals surface area contributed by atoms with Crippen LogP contribution in [0.5, 0.6) is 0 Å². The van der Waals surface area contributed by atoms with Crippen LogP contribution in [0.3, 0.4) is 0 Å². The lowest BCUT2D eigenvalue weighted by molar-refractivity contribution is -0.115. The molecule has 2 aliphatic rings. The number of carbonyl (C=O) groups excluding carboxylic acids is 1. The van der Waals surface area contributed by atoms with Crippen LogP contribution in [0.1, 0.15) is 44.1 Å². The highest BCUT2D eigenvalue weighted by atomic mass is 16.2. The summed E-state index contributed by atoms with van der Waals surface area (Å²) in [6.07, 6.45) is 10.2. The molecule has 0 unspecified atom stereocenters. The van der Waals surface area contributed by atoms with Gasteiger partial charge in [0.05, 0.1) is 5.54 Å². The first-order valence-corrected chi connectivity index (χ1v) is 7.28. The largest absolute Gasteiger partial charge is 0.347 e. The molecule has 106 valence electrons. The van der Waals surface area contributed by atoms with Gasteiger partial charge in [-0.05, 0) is 24.5 Å². The molecule has 0 bridgehead atoms. The van der Waals surface area contributed by atoms with E-state index >= 15 is 0 Å². The molecule has 1 spiro atoms. The lowest BCUT2D eigenvalue weighted by Gasteiger charge is -2.32. The maximum Gasteiger partial charge on any atom is 0.267 e. The summed E-state index contributed by atoms with van der Waals surface area (Å²) < 4.78 is 0. The van der Waals surface area contributed by atoms with E-state index in [1.165, 1.54) is 19.3 Å². The summed E-state index contributed by atoms with van der Waals surface area (Å²) in [6.45, 7) is 0.499. The van der Waals surface area contributed by atoms with Crippen molar-refractivity contribution in [2.75, 3.05) is 0 Å². The monoisotopic (exact) mass is 272 g/mol. The van der Waals surface area contributed by atoms with Crippen LogP contribution in [0, 0.1) is 0 Å². The Morgan fingerprint density at radius 2 is 2.20 bits per heavy atom. The number of rotatable bonds is 3. The van der Waals surface area contributed by atoms with E-state index in [2.05, 4.69) is 20.8 Å². The summed E-state index contributed by atoms with van der Waals surface area (Å²) in [5.74, 6) is -0.0659. The molecule has 1 amide bonds. The van der Waals surface area contributed by atoms with Crippen LogP contribution in [0.2, 0.25) is 0 Å². The first-order valence-electron chi connectivity index (χ1n) is 7.28. The van der Waals surface area contributed by atoms with Crippen LogP contribution in [0.25, 0.3) is 0 Å². The molecule has 1 aliphatic carbocycles. The Kier molecular flexibility index (Phi) is 3.67. The molecule has 1 aliphatic heterocycles. The van der Waals surface area contributed by atoms with Gasteiger partial charge in [0.2, 0.25) is 0 Å². The third kappa shape index (κ3) is 2.81. The van der Waals surface area contributed by atoms with E-state index in [0.29, 0.717) is 12.3 Å². The van der Waals surface area contributed by atoms with Gasteiger partial charge in [0.1, 0.15) is 5.71 Å². The Morgan fingerprint density at radius 3 is 2.95 bits per heavy atom. The van der Waals surface area contributed by atoms with E-state index < -0.39 is 0 Å². The van der Waals surface area contributed by atoms with E-state index in [-0.39, 0.29) is 11.4 Å². The molecule has 1 aromatic rings. The molecule has 20 heavy (non-hydrogen) atoms. The summed E-state index contributed by atoms with van der Waals surface area (Å²) in [5.41, 5.74) is 4.91. The smallest absolute Gasteiger partial charge is 0.267 e. The molecular formula is C15H20N4O. The van der Waals surface area contributed by atoms with Crippen molar-refractivity contribution in [3.8, 4) is 0 Å². The van der Waals surface area contributed by atoms with E-state index in [0.717, 1.165) is 24.8 Å². The van der Waals surface area contributed by atoms with Crippen molar-refractivity contribution in [2.24, 2.45) is 5.10 Å². The van der Waals surface area contributed by atoms with Gasteiger partial charge in [0, 0.05) is 25.4 Å². The van der Waals surface area contributed by atoms with Gasteiger partial charge in [0.25, 0.3) is 5.91 Å². The maximum absolute atomic E-state index is 12.1. The molecule has 1 saturated carbocycles. The number of hydrogen-bond acceptors (Lipinski definition) is 4. The minimum Gasteiger partial charge on any atom is -0.347 e. The summed E-state index contributed by atoms with van der Waals surface area (Å²) in [7, 11) is 0. The predicted molar refractivity (Wildman–Crippen MR) is 77.1 cm³/mol. The number of carbonyl (C=O) groups is 1. The lowest BCUT2D eigenvalue weighted by atomic mass is 9.79. The zero-order chi connectivity index (χ0) is 13.8. The van der Waals surface area contributed by atoms with Crippen LogP contribution in [-0.2, 0) is 11.3 Å². The second-order valence-electron chi connectivity index (χ2n) is 5.73. The molecule has 0 saturated heterocycles. The summed E-state index contributed by atoms with van der Waals surface area (Å²) in [5, 5.41) is 7.18. The van der Waals surface area contributed by atoms with Crippen LogP contribution in [0.4, 0.5) is 0 Å². The van der Waals surface area contributed by atoms with Crippen molar-refractivity contribution in [2.45, 2.75) is 50.6 Å². The highest BCUT2D eigenvalue weighted by molar-refractivity contribution is 6.39. The van der Waals surface area contributed by atoms with E-state index in [4.69, 9.17) is 0 Å². The zero-order valence-electron chi connectivity index (χ0n) is 11.6. The summed E-state index contributed by atoms with van der Waals surface area (Å²) >= 11 is 0. The number of hydrazone groups is 1. The van der Waals surface area contributed by atoms with E-state index in [1.54, 1.807) is 12.4 Å². The minimum atomic E-state index is -0.0659. The molecule has 0 radical (unpaired) electrons. The third-order valence-corrected chi connectivity index (χ3v) is 4.18. The minimum absolute atomic E-state index is 0.0548. The standard InChI is InChI=1S/C15H20N4O/c20-14(17-11-12-5-4-8-16-10-12)13-9-15(19-18-13)6-2-1-3-7-15/h4-5,8,10,19H,1-3,6-7,9,11H2,(H,17,20). The Labute approximate surface area is 118 Å². The normalized spacial score (nSPS) is 20.3. The maximum atomic E-state index is 12.1. The van der Waals surface area contributed by atoms with Crippen molar-refractivity contribution >= 4 is 11.6 Å². The highest BCUT2D eigenvalue weighted by Crippen LogP contribution is 2.33. The Hall–Kier alpha value is -1.91. The van der Waals surface area contributed by atoms with Crippen LogP contribution in [0.15, 0.2) is 29.6 Å². The molecule has 0 aromatic carbocycles. The molecule has 1 fully saturated rings. The van der Waals surface area contributed by atoms with Gasteiger partial charge in [-0.2, -0.15) is 5.10 Å². The van der Waals surface area contributed by atoms with Gasteiger partial charge in [0.15, 0.2) is 0 Å².